The minimum atomic E-state index is -0.842. The number of aryl methyl sites for hydroxylation is 1. The minimum Gasteiger partial charge on any atom is -0.481 e. The van der Waals surface area contributed by atoms with Gasteiger partial charge in [0.05, 0.1) is 11.9 Å². The van der Waals surface area contributed by atoms with Crippen LogP contribution in [-0.4, -0.2) is 28.6 Å². The van der Waals surface area contributed by atoms with E-state index in [0.29, 0.717) is 18.2 Å². The van der Waals surface area contributed by atoms with Crippen molar-refractivity contribution < 1.29 is 14.7 Å². The molecule has 0 saturated heterocycles. The first kappa shape index (κ1) is 16.9. The van der Waals surface area contributed by atoms with E-state index in [4.69, 9.17) is 5.11 Å². The molecule has 3 N–H and O–H groups in total. The van der Waals surface area contributed by atoms with Crippen LogP contribution < -0.4 is 10.6 Å². The highest BCUT2D eigenvalue weighted by molar-refractivity contribution is 5.89. The van der Waals surface area contributed by atoms with Crippen LogP contribution in [0.3, 0.4) is 0 Å². The predicted molar refractivity (Wildman–Crippen MR) is 81.2 cm³/mol. The number of anilines is 1. The number of hydrogen-bond donors (Lipinski definition) is 3. The number of carboxylic acid groups (broad SMARTS) is 1. The van der Waals surface area contributed by atoms with Crippen LogP contribution in [0.25, 0.3) is 0 Å². The van der Waals surface area contributed by atoms with Gasteiger partial charge in [-0.1, -0.05) is 13.8 Å². The van der Waals surface area contributed by atoms with Gasteiger partial charge in [0.15, 0.2) is 0 Å². The van der Waals surface area contributed by atoms with Crippen LogP contribution >= 0.6 is 0 Å². The van der Waals surface area contributed by atoms with E-state index in [1.165, 1.54) is 0 Å². The molecule has 2 amide bonds. The molecule has 1 unspecified atom stereocenters. The summed E-state index contributed by atoms with van der Waals surface area (Å²) in [6, 6.07) is 1.47. The lowest BCUT2D eigenvalue weighted by Crippen LogP contribution is -2.34. The van der Waals surface area contributed by atoms with Gasteiger partial charge in [-0.3, -0.25) is 9.78 Å². The van der Waals surface area contributed by atoms with Crippen molar-refractivity contribution in [2.45, 2.75) is 33.6 Å². The van der Waals surface area contributed by atoms with Gasteiger partial charge in [0.25, 0.3) is 0 Å². The molecule has 116 valence electrons. The lowest BCUT2D eigenvalue weighted by molar-refractivity contribution is -0.138. The van der Waals surface area contributed by atoms with E-state index in [2.05, 4.69) is 15.6 Å². The Labute approximate surface area is 125 Å². The van der Waals surface area contributed by atoms with Crippen LogP contribution in [0.15, 0.2) is 18.5 Å². The first-order chi connectivity index (χ1) is 9.86. The van der Waals surface area contributed by atoms with Crippen LogP contribution in [0, 0.1) is 18.8 Å². The number of amides is 2. The van der Waals surface area contributed by atoms with Crippen molar-refractivity contribution in [3.63, 3.8) is 0 Å². The first-order valence-corrected chi connectivity index (χ1v) is 7.05. The molecule has 6 nitrogen and oxygen atoms in total. The number of aromatic nitrogens is 1. The molecule has 0 fully saturated rings. The van der Waals surface area contributed by atoms with E-state index in [9.17, 15) is 9.59 Å². The Morgan fingerprint density at radius 1 is 1.33 bits per heavy atom. The molecule has 1 aromatic heterocycles. The molecule has 0 aliphatic heterocycles. The summed E-state index contributed by atoms with van der Waals surface area (Å²) in [6.45, 7) is 6.30. The fraction of sp³-hybridized carbons (Fsp3) is 0.533. The zero-order chi connectivity index (χ0) is 15.8. The van der Waals surface area contributed by atoms with Gasteiger partial charge in [0, 0.05) is 19.2 Å². The fourth-order valence-electron chi connectivity index (χ4n) is 2.19. The Bertz CT molecular complexity index is 489. The van der Waals surface area contributed by atoms with Crippen molar-refractivity contribution in [2.24, 2.45) is 11.8 Å². The number of nitrogens with one attached hydrogen (secondary N) is 2. The SMILES string of the molecule is Cc1cncc(NC(=O)NCC(CC(=O)O)CC(C)C)c1. The molecule has 0 bridgehead atoms. The fourth-order valence-corrected chi connectivity index (χ4v) is 2.19. The number of rotatable bonds is 7. The first-order valence-electron chi connectivity index (χ1n) is 7.05. The number of carbonyl (C=O) groups is 2. The molecule has 0 spiro atoms. The van der Waals surface area contributed by atoms with Gasteiger partial charge in [-0.15, -0.1) is 0 Å². The van der Waals surface area contributed by atoms with Gasteiger partial charge in [-0.05, 0) is 36.8 Å². The topological polar surface area (TPSA) is 91.3 Å². The van der Waals surface area contributed by atoms with Crippen molar-refractivity contribution in [1.82, 2.24) is 10.3 Å². The zero-order valence-electron chi connectivity index (χ0n) is 12.7. The highest BCUT2D eigenvalue weighted by Gasteiger charge is 2.16. The number of urea groups is 1. The second-order valence-corrected chi connectivity index (χ2v) is 5.68. The Hall–Kier alpha value is -2.11. The molecule has 1 atom stereocenters. The molecule has 0 aliphatic rings. The third-order valence-corrected chi connectivity index (χ3v) is 2.95. The van der Waals surface area contributed by atoms with Gasteiger partial charge in [0.1, 0.15) is 0 Å². The summed E-state index contributed by atoms with van der Waals surface area (Å²) in [5, 5.41) is 14.3. The van der Waals surface area contributed by atoms with Crippen LogP contribution in [0.4, 0.5) is 10.5 Å². The third-order valence-electron chi connectivity index (χ3n) is 2.95. The number of carboxylic acids is 1. The Morgan fingerprint density at radius 2 is 2.05 bits per heavy atom. The van der Waals surface area contributed by atoms with Crippen molar-refractivity contribution >= 4 is 17.7 Å². The minimum absolute atomic E-state index is 0.0600. The van der Waals surface area contributed by atoms with Gasteiger partial charge >= 0.3 is 12.0 Å². The van der Waals surface area contributed by atoms with Crippen molar-refractivity contribution in [2.75, 3.05) is 11.9 Å². The average molecular weight is 293 g/mol. The largest absolute Gasteiger partial charge is 0.481 e. The molecule has 1 heterocycles. The van der Waals surface area contributed by atoms with Gasteiger partial charge in [0.2, 0.25) is 0 Å². The lowest BCUT2D eigenvalue weighted by Gasteiger charge is -2.18. The molecular formula is C15H23N3O3. The molecule has 1 aromatic rings. The van der Waals surface area contributed by atoms with E-state index in [1.807, 2.05) is 26.8 Å². The van der Waals surface area contributed by atoms with E-state index < -0.39 is 5.97 Å². The van der Waals surface area contributed by atoms with Crippen molar-refractivity contribution in [3.8, 4) is 0 Å². The maximum absolute atomic E-state index is 11.8. The standard InChI is InChI=1S/C15H23N3O3/c1-10(2)4-12(6-14(19)20)8-17-15(21)18-13-5-11(3)7-16-9-13/h5,7,9-10,12H,4,6,8H2,1-3H3,(H,19,20)(H2,17,18,21). The summed E-state index contributed by atoms with van der Waals surface area (Å²) in [6.07, 6.45) is 4.09. The van der Waals surface area contributed by atoms with Crippen LogP contribution in [0.5, 0.6) is 0 Å². The van der Waals surface area contributed by atoms with Gasteiger partial charge < -0.3 is 15.7 Å². The van der Waals surface area contributed by atoms with Crippen molar-refractivity contribution in [1.29, 1.82) is 0 Å². The van der Waals surface area contributed by atoms with Crippen molar-refractivity contribution in [3.05, 3.63) is 24.0 Å². The second kappa shape index (κ2) is 8.24. The monoisotopic (exact) mass is 293 g/mol. The van der Waals surface area contributed by atoms with Gasteiger partial charge in [-0.2, -0.15) is 0 Å². The summed E-state index contributed by atoms with van der Waals surface area (Å²) in [4.78, 5) is 26.6. The molecule has 0 saturated carbocycles. The Kier molecular flexibility index (Phi) is 6.65. The molecule has 1 rings (SSSR count). The summed E-state index contributed by atoms with van der Waals surface area (Å²) in [5.41, 5.74) is 1.57. The number of carbonyl (C=O) groups excluding carboxylic acids is 1. The lowest BCUT2D eigenvalue weighted by atomic mass is 9.94. The Morgan fingerprint density at radius 3 is 2.62 bits per heavy atom. The third kappa shape index (κ3) is 7.29. The van der Waals surface area contributed by atoms with Crippen LogP contribution in [-0.2, 0) is 4.79 Å². The quantitative estimate of drug-likeness (QED) is 0.720. The van der Waals surface area contributed by atoms with E-state index in [0.717, 1.165) is 12.0 Å². The van der Waals surface area contributed by atoms with E-state index in [-0.39, 0.29) is 18.4 Å². The number of aliphatic carboxylic acids is 1. The predicted octanol–water partition coefficient (Wildman–Crippen LogP) is 2.65. The number of pyridine rings is 1. The van der Waals surface area contributed by atoms with Gasteiger partial charge in [-0.25, -0.2) is 4.79 Å². The Balaban J connectivity index is 2.47. The summed E-state index contributed by atoms with van der Waals surface area (Å²) in [7, 11) is 0. The number of hydrogen-bond acceptors (Lipinski definition) is 3. The molecular weight excluding hydrogens is 270 g/mol. The van der Waals surface area contributed by atoms with Crippen LogP contribution in [0.1, 0.15) is 32.3 Å². The molecule has 21 heavy (non-hydrogen) atoms. The molecule has 6 heteroatoms. The normalized spacial score (nSPS) is 12.0. The smallest absolute Gasteiger partial charge is 0.319 e. The average Bonchev–Trinajstić information content (AvgIpc) is 2.34. The van der Waals surface area contributed by atoms with E-state index >= 15 is 0 Å². The molecule has 0 radical (unpaired) electrons. The molecule has 0 aromatic carbocycles. The van der Waals surface area contributed by atoms with E-state index in [1.54, 1.807) is 12.4 Å². The highest BCUT2D eigenvalue weighted by Crippen LogP contribution is 2.15. The summed E-state index contributed by atoms with van der Waals surface area (Å²) in [5.74, 6) is -0.519. The highest BCUT2D eigenvalue weighted by atomic mass is 16.4. The van der Waals surface area contributed by atoms with Crippen LogP contribution in [0.2, 0.25) is 0 Å². The molecule has 0 aliphatic carbocycles. The summed E-state index contributed by atoms with van der Waals surface area (Å²) >= 11 is 0. The summed E-state index contributed by atoms with van der Waals surface area (Å²) < 4.78 is 0. The maximum Gasteiger partial charge on any atom is 0.319 e. The number of nitrogens with zero attached hydrogens (tertiary/aromatic N) is 1. The maximum atomic E-state index is 11.8. The second-order valence-electron chi connectivity index (χ2n) is 5.68. The zero-order valence-corrected chi connectivity index (χ0v) is 12.7.